The van der Waals surface area contributed by atoms with Crippen molar-refractivity contribution in [2.45, 2.75) is 25.3 Å². The molecule has 0 spiro atoms. The Morgan fingerprint density at radius 2 is 1.96 bits per heavy atom. The largest absolute Gasteiger partial charge is 0.481 e. The Hall–Kier alpha value is -2.67. The average molecular weight is 384 g/mol. The number of piperidine rings is 1. The molecule has 0 bridgehead atoms. The van der Waals surface area contributed by atoms with Crippen molar-refractivity contribution >= 4 is 11.9 Å². The van der Waals surface area contributed by atoms with Gasteiger partial charge in [0.25, 0.3) is 5.91 Å². The van der Waals surface area contributed by atoms with Gasteiger partial charge in [0.2, 0.25) is 0 Å². The van der Waals surface area contributed by atoms with E-state index in [0.29, 0.717) is 25.2 Å². The monoisotopic (exact) mass is 384 g/mol. The van der Waals surface area contributed by atoms with Crippen LogP contribution in [-0.4, -0.2) is 69.8 Å². The van der Waals surface area contributed by atoms with Crippen molar-refractivity contribution < 1.29 is 14.7 Å². The molecule has 0 unspecified atom stereocenters. The molecule has 2 heterocycles. The maximum absolute atomic E-state index is 13.1. The third-order valence-corrected chi connectivity index (χ3v) is 5.54. The van der Waals surface area contributed by atoms with Crippen molar-refractivity contribution in [3.05, 3.63) is 42.1 Å². The van der Waals surface area contributed by atoms with E-state index in [2.05, 4.69) is 10.00 Å². The number of benzene rings is 1. The smallest absolute Gasteiger partial charge is 0.303 e. The standard InChI is InChI=1S/C21H28N4O3/c1-23(2)18-11-12-25(14-16(18)9-10-20(26)27)21(28)17-13-19(24(3)22-17)15-7-5-4-6-8-15/h4-8,13,16,18H,9-12,14H2,1-3H3,(H,26,27)/t16-,18+/m1/s1. The first kappa shape index (κ1) is 20.1. The molecular weight excluding hydrogens is 356 g/mol. The fourth-order valence-electron chi connectivity index (χ4n) is 4.09. The SMILES string of the molecule is CN(C)[C@H]1CCN(C(=O)c2cc(-c3ccccc3)n(C)n2)C[C@H]1CCC(=O)O. The molecule has 1 amide bonds. The van der Waals surface area contributed by atoms with Crippen molar-refractivity contribution in [3.63, 3.8) is 0 Å². The van der Waals surface area contributed by atoms with Crippen molar-refractivity contribution in [1.82, 2.24) is 19.6 Å². The lowest BCUT2D eigenvalue weighted by molar-refractivity contribution is -0.137. The first-order valence-electron chi connectivity index (χ1n) is 9.63. The van der Waals surface area contributed by atoms with Gasteiger partial charge in [0, 0.05) is 32.6 Å². The van der Waals surface area contributed by atoms with E-state index >= 15 is 0 Å². The molecule has 0 saturated carbocycles. The minimum absolute atomic E-state index is 0.0877. The Morgan fingerprint density at radius 1 is 1.25 bits per heavy atom. The second-order valence-electron chi connectivity index (χ2n) is 7.67. The van der Waals surface area contributed by atoms with Gasteiger partial charge < -0.3 is 14.9 Å². The van der Waals surface area contributed by atoms with Crippen LogP contribution in [0.5, 0.6) is 0 Å². The lowest BCUT2D eigenvalue weighted by Crippen LogP contribution is -2.50. The number of carboxylic acids is 1. The van der Waals surface area contributed by atoms with Gasteiger partial charge in [0.15, 0.2) is 5.69 Å². The third kappa shape index (κ3) is 4.42. The number of carbonyl (C=O) groups is 2. The van der Waals surface area contributed by atoms with E-state index < -0.39 is 5.97 Å². The number of rotatable bonds is 6. The molecule has 1 aromatic heterocycles. The van der Waals surface area contributed by atoms with Crippen LogP contribution in [0.15, 0.2) is 36.4 Å². The Morgan fingerprint density at radius 3 is 2.61 bits per heavy atom. The molecule has 3 rings (SSSR count). The number of hydrogen-bond acceptors (Lipinski definition) is 4. The van der Waals surface area contributed by atoms with Crippen LogP contribution < -0.4 is 0 Å². The number of aromatic nitrogens is 2. The number of carbonyl (C=O) groups excluding carboxylic acids is 1. The highest BCUT2D eigenvalue weighted by Crippen LogP contribution is 2.27. The molecule has 28 heavy (non-hydrogen) atoms. The van der Waals surface area contributed by atoms with Crippen molar-refractivity contribution in [1.29, 1.82) is 0 Å². The number of hydrogen-bond donors (Lipinski definition) is 1. The number of aliphatic carboxylic acids is 1. The number of carboxylic acid groups (broad SMARTS) is 1. The quantitative estimate of drug-likeness (QED) is 0.827. The van der Waals surface area contributed by atoms with Gasteiger partial charge in [0.05, 0.1) is 5.69 Å². The first-order chi connectivity index (χ1) is 13.4. The van der Waals surface area contributed by atoms with Crippen LogP contribution in [-0.2, 0) is 11.8 Å². The molecule has 7 heteroatoms. The van der Waals surface area contributed by atoms with Crippen LogP contribution in [0.25, 0.3) is 11.3 Å². The Kier molecular flexibility index (Phi) is 6.14. The highest BCUT2D eigenvalue weighted by molar-refractivity contribution is 5.93. The molecule has 2 atom stereocenters. The van der Waals surface area contributed by atoms with Crippen LogP contribution in [0.2, 0.25) is 0 Å². The topological polar surface area (TPSA) is 78.7 Å². The lowest BCUT2D eigenvalue weighted by atomic mass is 9.87. The Labute approximate surface area is 165 Å². The van der Waals surface area contributed by atoms with Crippen LogP contribution in [0.3, 0.4) is 0 Å². The molecule has 0 aliphatic carbocycles. The summed E-state index contributed by atoms with van der Waals surface area (Å²) < 4.78 is 1.73. The molecule has 150 valence electrons. The summed E-state index contributed by atoms with van der Waals surface area (Å²) >= 11 is 0. The summed E-state index contributed by atoms with van der Waals surface area (Å²) in [6, 6.07) is 12.0. The second-order valence-corrected chi connectivity index (χ2v) is 7.67. The Balaban J connectivity index is 1.76. The number of likely N-dealkylation sites (tertiary alicyclic amines) is 1. The highest BCUT2D eigenvalue weighted by Gasteiger charge is 2.34. The number of amides is 1. The zero-order chi connectivity index (χ0) is 20.3. The molecule has 1 aliphatic heterocycles. The van der Waals surface area contributed by atoms with Crippen molar-refractivity contribution in [2.75, 3.05) is 27.2 Å². The van der Waals surface area contributed by atoms with E-state index in [1.54, 1.807) is 4.68 Å². The summed E-state index contributed by atoms with van der Waals surface area (Å²) in [5, 5.41) is 13.5. The van der Waals surface area contributed by atoms with E-state index in [1.807, 2.05) is 62.4 Å². The molecule has 1 fully saturated rings. The summed E-state index contributed by atoms with van der Waals surface area (Å²) in [7, 11) is 5.87. The van der Waals surface area contributed by atoms with Gasteiger partial charge in [-0.05, 0) is 44.5 Å². The molecule has 0 radical (unpaired) electrons. The maximum Gasteiger partial charge on any atom is 0.303 e. The van der Waals surface area contributed by atoms with Crippen molar-refractivity contribution in [3.8, 4) is 11.3 Å². The van der Waals surface area contributed by atoms with Crippen LogP contribution >= 0.6 is 0 Å². The van der Waals surface area contributed by atoms with E-state index in [4.69, 9.17) is 5.11 Å². The second kappa shape index (κ2) is 8.56. The zero-order valence-electron chi connectivity index (χ0n) is 16.7. The predicted molar refractivity (Wildman–Crippen MR) is 107 cm³/mol. The van der Waals surface area contributed by atoms with E-state index in [0.717, 1.165) is 17.7 Å². The van der Waals surface area contributed by atoms with Gasteiger partial charge in [-0.25, -0.2) is 0 Å². The number of aryl methyl sites for hydroxylation is 1. The lowest BCUT2D eigenvalue weighted by Gasteiger charge is -2.41. The summed E-state index contributed by atoms with van der Waals surface area (Å²) in [5.41, 5.74) is 2.35. The van der Waals surface area contributed by atoms with Crippen LogP contribution in [0.4, 0.5) is 0 Å². The summed E-state index contributed by atoms with van der Waals surface area (Å²) in [5.74, 6) is -0.741. The van der Waals surface area contributed by atoms with Crippen LogP contribution in [0.1, 0.15) is 29.8 Å². The molecule has 1 aromatic carbocycles. The first-order valence-corrected chi connectivity index (χ1v) is 9.63. The van der Waals surface area contributed by atoms with Crippen LogP contribution in [0, 0.1) is 5.92 Å². The van der Waals surface area contributed by atoms with Gasteiger partial charge in [-0.1, -0.05) is 30.3 Å². The predicted octanol–water partition coefficient (Wildman–Crippen LogP) is 2.34. The number of nitrogens with zero attached hydrogens (tertiary/aromatic N) is 4. The molecule has 2 aromatic rings. The minimum Gasteiger partial charge on any atom is -0.481 e. The van der Waals surface area contributed by atoms with Crippen molar-refractivity contribution in [2.24, 2.45) is 13.0 Å². The fraction of sp³-hybridized carbons (Fsp3) is 0.476. The summed E-state index contributed by atoms with van der Waals surface area (Å²) in [6.07, 6.45) is 1.53. The summed E-state index contributed by atoms with van der Waals surface area (Å²) in [4.78, 5) is 28.1. The maximum atomic E-state index is 13.1. The average Bonchev–Trinajstić information content (AvgIpc) is 3.07. The van der Waals surface area contributed by atoms with E-state index in [1.165, 1.54) is 0 Å². The van der Waals surface area contributed by atoms with E-state index in [-0.39, 0.29) is 24.3 Å². The molecule has 1 aliphatic rings. The van der Waals surface area contributed by atoms with Gasteiger partial charge >= 0.3 is 5.97 Å². The zero-order valence-corrected chi connectivity index (χ0v) is 16.7. The molecule has 1 N–H and O–H groups in total. The fourth-order valence-corrected chi connectivity index (χ4v) is 4.09. The molecule has 1 saturated heterocycles. The third-order valence-electron chi connectivity index (χ3n) is 5.54. The summed E-state index contributed by atoms with van der Waals surface area (Å²) in [6.45, 7) is 1.22. The van der Waals surface area contributed by atoms with Gasteiger partial charge in [-0.3, -0.25) is 14.3 Å². The van der Waals surface area contributed by atoms with Gasteiger partial charge in [-0.15, -0.1) is 0 Å². The van der Waals surface area contributed by atoms with Gasteiger partial charge in [0.1, 0.15) is 0 Å². The molecular formula is C21H28N4O3. The Bertz CT molecular complexity index is 831. The van der Waals surface area contributed by atoms with Gasteiger partial charge in [-0.2, -0.15) is 5.10 Å². The highest BCUT2D eigenvalue weighted by atomic mass is 16.4. The minimum atomic E-state index is -0.793. The normalized spacial score (nSPS) is 19.8. The molecule has 7 nitrogen and oxygen atoms in total. The van der Waals surface area contributed by atoms with E-state index in [9.17, 15) is 9.59 Å².